The fourth-order valence-electron chi connectivity index (χ4n) is 7.14. The summed E-state index contributed by atoms with van der Waals surface area (Å²) >= 11 is 0. The predicted molar refractivity (Wildman–Crippen MR) is 205 cm³/mol. The number of H-pyrrole nitrogens is 2. The molecule has 8 rings (SSSR count). The van der Waals surface area contributed by atoms with E-state index in [1.54, 1.807) is 73.2 Å². The maximum Gasteiger partial charge on any atom is 0.272 e. The van der Waals surface area contributed by atoms with E-state index in [1.807, 2.05) is 12.1 Å². The van der Waals surface area contributed by atoms with E-state index in [2.05, 4.69) is 50.5 Å². The van der Waals surface area contributed by atoms with E-state index in [0.717, 1.165) is 51.4 Å². The van der Waals surface area contributed by atoms with Gasteiger partial charge in [-0.3, -0.25) is 18.7 Å². The molecule has 0 unspecified atom stereocenters. The Kier molecular flexibility index (Phi) is 13.0. The molecule has 0 spiro atoms. The first-order chi connectivity index (χ1) is 27.5. The van der Waals surface area contributed by atoms with Crippen LogP contribution in [0, 0.1) is 0 Å². The maximum absolute atomic E-state index is 13.0. The Morgan fingerprint density at radius 2 is 1.14 bits per heavy atom. The van der Waals surface area contributed by atoms with Crippen molar-refractivity contribution in [2.75, 3.05) is 40.6 Å². The van der Waals surface area contributed by atoms with Gasteiger partial charge in [0.15, 0.2) is 11.4 Å². The molecule has 4 N–H and O–H groups in total. The summed E-state index contributed by atoms with van der Waals surface area (Å²) in [4.78, 5) is 58.2. The highest BCUT2D eigenvalue weighted by atomic mass is 16.5. The number of aromatic amines is 2. The van der Waals surface area contributed by atoms with Gasteiger partial charge in [-0.1, -0.05) is 0 Å². The zero-order valence-electron chi connectivity index (χ0n) is 31.6. The number of rotatable bonds is 14. The van der Waals surface area contributed by atoms with Crippen LogP contribution in [0.15, 0.2) is 62.0 Å². The molecule has 0 aromatic carbocycles. The largest absolute Gasteiger partial charge is 0.382 e. The Hall–Kier alpha value is -5.56. The summed E-state index contributed by atoms with van der Waals surface area (Å²) in [5.74, 6) is 0.413. The van der Waals surface area contributed by atoms with E-state index in [0.29, 0.717) is 71.8 Å². The zero-order chi connectivity index (χ0) is 38.7. The molecule has 2 saturated carbocycles. The van der Waals surface area contributed by atoms with Crippen LogP contribution in [0.5, 0.6) is 0 Å². The van der Waals surface area contributed by atoms with Crippen molar-refractivity contribution < 1.29 is 28.5 Å². The molecule has 2 aliphatic carbocycles. The zero-order valence-corrected chi connectivity index (χ0v) is 31.6. The normalized spacial score (nSPS) is 19.8. The third kappa shape index (κ3) is 9.62. The predicted octanol–water partition coefficient (Wildman–Crippen LogP) is 3.70. The van der Waals surface area contributed by atoms with E-state index >= 15 is 0 Å². The molecule has 18 heteroatoms. The average Bonchev–Trinajstić information content (AvgIpc) is 4.06. The number of carbonyl (C=O) groups is 2. The highest BCUT2D eigenvalue weighted by molar-refractivity contribution is 6.04. The SMILES string of the molecule is COCCO[C@@H]1CCC[C@H](NC(=O)c2nc(-n3ccnc3)nc3cc[nH]c23)C1.COCCO[C@H]1CCC[C@H](NC(=O)c2nc(-n3ccnc3)nc3cc[nH]c23)C1. The topological polar surface area (TPSA) is 214 Å². The van der Waals surface area contributed by atoms with Crippen LogP contribution in [0.2, 0.25) is 0 Å². The second-order valence-corrected chi connectivity index (χ2v) is 13.8. The Balaban J connectivity index is 0.000000172. The standard InChI is InChI=1S/2C19H24N6O3/c2*1-27-9-10-28-14-4-2-3-13(11-14)22-18(26)17-16-15(5-6-21-16)23-19(24-17)25-8-7-20-12-25/h2*5-8,12-14,21H,2-4,9-11H2,1H3,(H,22,26)/t13-,14+;13-,14-/m00/s1. The van der Waals surface area contributed by atoms with Crippen molar-refractivity contribution in [3.05, 3.63) is 73.4 Å². The minimum Gasteiger partial charge on any atom is -0.382 e. The van der Waals surface area contributed by atoms with Gasteiger partial charge in [-0.2, -0.15) is 0 Å². The molecule has 0 bridgehead atoms. The lowest BCUT2D eigenvalue weighted by atomic mass is 9.92. The van der Waals surface area contributed by atoms with Gasteiger partial charge in [-0.05, 0) is 63.5 Å². The van der Waals surface area contributed by atoms with Crippen LogP contribution >= 0.6 is 0 Å². The van der Waals surface area contributed by atoms with Crippen LogP contribution < -0.4 is 10.6 Å². The smallest absolute Gasteiger partial charge is 0.272 e. The van der Waals surface area contributed by atoms with Gasteiger partial charge in [0, 0.05) is 63.5 Å². The summed E-state index contributed by atoms with van der Waals surface area (Å²) in [7, 11) is 3.32. The van der Waals surface area contributed by atoms with Crippen LogP contribution in [-0.2, 0) is 18.9 Å². The Labute approximate surface area is 323 Å². The van der Waals surface area contributed by atoms with Crippen LogP contribution in [0.1, 0.15) is 72.3 Å². The Bertz CT molecular complexity index is 2000. The summed E-state index contributed by atoms with van der Waals surface area (Å²) < 4.78 is 25.1. The van der Waals surface area contributed by atoms with Crippen molar-refractivity contribution in [1.29, 1.82) is 0 Å². The van der Waals surface area contributed by atoms with Gasteiger partial charge in [0.1, 0.15) is 12.7 Å². The summed E-state index contributed by atoms with van der Waals surface area (Å²) in [6.07, 6.45) is 21.3. The number of imidazole rings is 2. The highest BCUT2D eigenvalue weighted by Crippen LogP contribution is 2.24. The van der Waals surface area contributed by atoms with Gasteiger partial charge in [-0.15, -0.1) is 0 Å². The van der Waals surface area contributed by atoms with Crippen molar-refractivity contribution in [2.24, 2.45) is 0 Å². The van der Waals surface area contributed by atoms with E-state index < -0.39 is 0 Å². The molecule has 0 radical (unpaired) electrons. The molecule has 2 amide bonds. The summed E-state index contributed by atoms with van der Waals surface area (Å²) in [5.41, 5.74) is 3.30. The number of nitrogens with zero attached hydrogens (tertiary/aromatic N) is 8. The second kappa shape index (κ2) is 18.9. The van der Waals surface area contributed by atoms with E-state index in [-0.39, 0.29) is 36.1 Å². The lowest BCUT2D eigenvalue weighted by Gasteiger charge is -2.29. The molecule has 6 aromatic rings. The van der Waals surface area contributed by atoms with Crippen molar-refractivity contribution in [3.63, 3.8) is 0 Å². The number of amides is 2. The number of hydrogen-bond donors (Lipinski definition) is 4. The van der Waals surface area contributed by atoms with Gasteiger partial charge >= 0.3 is 0 Å². The average molecular weight is 769 g/mol. The molecular weight excluding hydrogens is 720 g/mol. The van der Waals surface area contributed by atoms with Crippen molar-refractivity contribution in [3.8, 4) is 11.9 Å². The van der Waals surface area contributed by atoms with E-state index in [9.17, 15) is 9.59 Å². The van der Waals surface area contributed by atoms with Gasteiger partial charge in [0.2, 0.25) is 11.9 Å². The molecule has 0 saturated heterocycles. The van der Waals surface area contributed by atoms with Gasteiger partial charge in [0.05, 0.1) is 60.7 Å². The molecule has 0 aliphatic heterocycles. The second-order valence-electron chi connectivity index (χ2n) is 13.8. The third-order valence-corrected chi connectivity index (χ3v) is 9.89. The first kappa shape index (κ1) is 38.7. The van der Waals surface area contributed by atoms with Gasteiger partial charge in [0.25, 0.3) is 11.8 Å². The van der Waals surface area contributed by atoms with Gasteiger partial charge < -0.3 is 39.5 Å². The fourth-order valence-corrected chi connectivity index (χ4v) is 7.14. The van der Waals surface area contributed by atoms with Crippen LogP contribution in [0.3, 0.4) is 0 Å². The minimum atomic E-state index is -0.209. The van der Waals surface area contributed by atoms with E-state index in [1.165, 1.54) is 0 Å². The molecule has 18 nitrogen and oxygen atoms in total. The third-order valence-electron chi connectivity index (χ3n) is 9.89. The molecule has 296 valence electrons. The quantitative estimate of drug-likeness (QED) is 0.117. The first-order valence-corrected chi connectivity index (χ1v) is 19.0. The number of nitrogens with one attached hydrogen (secondary N) is 4. The van der Waals surface area contributed by atoms with Crippen molar-refractivity contribution in [2.45, 2.75) is 75.7 Å². The van der Waals surface area contributed by atoms with Crippen molar-refractivity contribution in [1.82, 2.24) is 59.6 Å². The summed E-state index contributed by atoms with van der Waals surface area (Å²) in [5, 5.41) is 6.25. The number of hydrogen-bond acceptors (Lipinski definition) is 12. The van der Waals surface area contributed by atoms with Crippen molar-refractivity contribution >= 4 is 33.9 Å². The highest BCUT2D eigenvalue weighted by Gasteiger charge is 2.27. The number of methoxy groups -OCH3 is 2. The Morgan fingerprint density at radius 1 is 0.679 bits per heavy atom. The molecule has 2 fully saturated rings. The molecule has 6 aromatic heterocycles. The number of carbonyl (C=O) groups excluding carboxylic acids is 2. The fraction of sp³-hybridized carbons (Fsp3) is 0.474. The van der Waals surface area contributed by atoms with Crippen LogP contribution in [-0.4, -0.2) is 126 Å². The number of ether oxygens (including phenoxy) is 4. The van der Waals surface area contributed by atoms with Crippen LogP contribution in [0.25, 0.3) is 34.0 Å². The van der Waals surface area contributed by atoms with Crippen LogP contribution in [0.4, 0.5) is 0 Å². The molecule has 56 heavy (non-hydrogen) atoms. The Morgan fingerprint density at radius 3 is 1.55 bits per heavy atom. The molecular formula is C38H48N12O6. The molecule has 2 aliphatic rings. The minimum absolute atomic E-state index is 0.0606. The van der Waals surface area contributed by atoms with Gasteiger partial charge in [-0.25, -0.2) is 29.9 Å². The first-order valence-electron chi connectivity index (χ1n) is 19.0. The lowest BCUT2D eigenvalue weighted by molar-refractivity contribution is -0.00623. The van der Waals surface area contributed by atoms with E-state index in [4.69, 9.17) is 18.9 Å². The monoisotopic (exact) mass is 768 g/mol. The summed E-state index contributed by atoms with van der Waals surface area (Å²) in [6, 6.07) is 3.78. The number of fused-ring (bicyclic) bond motifs is 2. The molecule has 6 heterocycles. The maximum atomic E-state index is 13.0. The summed E-state index contributed by atoms with van der Waals surface area (Å²) in [6.45, 7) is 2.31. The number of aromatic nitrogens is 10. The molecule has 4 atom stereocenters. The lowest BCUT2D eigenvalue weighted by Crippen LogP contribution is -2.41.